The lowest BCUT2D eigenvalue weighted by molar-refractivity contribution is 0.0908. The summed E-state index contributed by atoms with van der Waals surface area (Å²) >= 11 is 0. The van der Waals surface area contributed by atoms with Crippen LogP contribution in [0.15, 0.2) is 12.1 Å². The predicted octanol–water partition coefficient (Wildman–Crippen LogP) is 6.48. The van der Waals surface area contributed by atoms with Crippen molar-refractivity contribution in [2.24, 2.45) is 13.0 Å². The van der Waals surface area contributed by atoms with Gasteiger partial charge in [-0.25, -0.2) is 9.97 Å². The quantitative estimate of drug-likeness (QED) is 0.551. The zero-order valence-electron chi connectivity index (χ0n) is 22.4. The van der Waals surface area contributed by atoms with Gasteiger partial charge in [0.2, 0.25) is 0 Å². The zero-order chi connectivity index (χ0) is 24.7. The largest absolute Gasteiger partial charge is 0.348 e. The number of aromatic nitrogens is 3. The number of amides is 1. The van der Waals surface area contributed by atoms with Crippen molar-refractivity contribution in [3.63, 3.8) is 0 Å². The lowest BCUT2D eigenvalue weighted by Gasteiger charge is -2.26. The van der Waals surface area contributed by atoms with Crippen molar-refractivity contribution < 1.29 is 4.79 Å². The molecule has 34 heavy (non-hydrogen) atoms. The summed E-state index contributed by atoms with van der Waals surface area (Å²) in [5.41, 5.74) is 4.86. The Morgan fingerprint density at radius 3 is 2.18 bits per heavy atom. The van der Waals surface area contributed by atoms with Crippen LogP contribution in [0.2, 0.25) is 0 Å². The molecule has 0 bridgehead atoms. The van der Waals surface area contributed by atoms with Crippen LogP contribution in [0.3, 0.4) is 0 Å². The number of carbonyl (C=O) groups is 1. The van der Waals surface area contributed by atoms with Gasteiger partial charge in [-0.2, -0.15) is 0 Å². The number of carbonyl (C=O) groups excluding carboxylic acids is 1. The van der Waals surface area contributed by atoms with E-state index in [0.29, 0.717) is 12.0 Å². The van der Waals surface area contributed by atoms with Crippen LogP contribution in [0.25, 0.3) is 11.3 Å². The minimum atomic E-state index is -0.154. The Kier molecular flexibility index (Phi) is 6.94. The molecule has 1 N–H and O–H groups in total. The molecule has 0 saturated heterocycles. The maximum Gasteiger partial charge on any atom is 0.268 e. The molecule has 2 aromatic heterocycles. The van der Waals surface area contributed by atoms with Crippen LogP contribution in [0, 0.1) is 5.92 Å². The fraction of sp³-hybridized carbons (Fsp3) is 0.690. The Bertz CT molecular complexity index is 995. The van der Waals surface area contributed by atoms with Gasteiger partial charge in [0.15, 0.2) is 0 Å². The molecule has 0 unspecified atom stereocenters. The molecule has 2 aromatic rings. The number of hydrogen-bond acceptors (Lipinski definition) is 3. The van der Waals surface area contributed by atoms with Crippen LogP contribution >= 0.6 is 0 Å². The van der Waals surface area contributed by atoms with Crippen molar-refractivity contribution in [1.82, 2.24) is 19.9 Å². The van der Waals surface area contributed by atoms with Gasteiger partial charge in [-0.3, -0.25) is 4.79 Å². The molecule has 0 atom stereocenters. The Morgan fingerprint density at radius 1 is 0.941 bits per heavy atom. The number of nitrogens with zero attached hydrogens (tertiary/aromatic N) is 3. The highest BCUT2D eigenvalue weighted by Crippen LogP contribution is 2.35. The van der Waals surface area contributed by atoms with Crippen LogP contribution in [0.5, 0.6) is 0 Å². The molecule has 2 aliphatic carbocycles. The predicted molar refractivity (Wildman–Crippen MR) is 139 cm³/mol. The molecule has 0 aromatic carbocycles. The van der Waals surface area contributed by atoms with E-state index in [-0.39, 0.29) is 16.7 Å². The second-order valence-electron chi connectivity index (χ2n) is 12.7. The summed E-state index contributed by atoms with van der Waals surface area (Å²) in [6.07, 6.45) is 10.9. The molecule has 2 fully saturated rings. The van der Waals surface area contributed by atoms with E-state index in [9.17, 15) is 4.79 Å². The monoisotopic (exact) mass is 464 g/mol. The van der Waals surface area contributed by atoms with E-state index >= 15 is 0 Å². The second kappa shape index (κ2) is 9.47. The molecule has 2 aliphatic rings. The first kappa shape index (κ1) is 24.9. The van der Waals surface area contributed by atoms with E-state index in [1.807, 2.05) is 0 Å². The molecule has 5 heteroatoms. The average molecular weight is 465 g/mol. The fourth-order valence-electron chi connectivity index (χ4n) is 5.11. The Morgan fingerprint density at radius 2 is 1.62 bits per heavy atom. The van der Waals surface area contributed by atoms with Crippen LogP contribution in [0.1, 0.15) is 121 Å². The van der Waals surface area contributed by atoms with Gasteiger partial charge in [-0.15, -0.1) is 0 Å². The molecule has 5 nitrogen and oxygen atoms in total. The summed E-state index contributed by atoms with van der Waals surface area (Å²) in [4.78, 5) is 23.3. The van der Waals surface area contributed by atoms with E-state index in [1.54, 1.807) is 0 Å². The minimum absolute atomic E-state index is 0.0458. The molecule has 0 radical (unpaired) electrons. The standard InChI is InChI=1S/C29H44N4O/c1-28(2,3)25-18-22(31-27(32-25)29(4,5)6)21-17-24(26(34)30-20-14-11-15-20)33(7)23(21)16-19-12-9-8-10-13-19/h17-20H,8-16H2,1-7H3,(H,30,34). The van der Waals surface area contributed by atoms with Crippen molar-refractivity contribution in [2.75, 3.05) is 0 Å². The summed E-state index contributed by atoms with van der Waals surface area (Å²) < 4.78 is 2.15. The van der Waals surface area contributed by atoms with Gasteiger partial charge in [-0.1, -0.05) is 73.6 Å². The lowest BCUT2D eigenvalue weighted by Crippen LogP contribution is -2.40. The SMILES string of the molecule is Cn1c(C(=O)NC2CCC2)cc(-c2cc(C(C)(C)C)nc(C(C)(C)C)n2)c1CC1CCCCC1. The summed E-state index contributed by atoms with van der Waals surface area (Å²) in [7, 11) is 2.06. The normalized spacial score (nSPS) is 18.1. The maximum atomic E-state index is 13.2. The number of nitrogens with one attached hydrogen (secondary N) is 1. The van der Waals surface area contributed by atoms with Gasteiger partial charge < -0.3 is 9.88 Å². The molecule has 0 spiro atoms. The summed E-state index contributed by atoms with van der Waals surface area (Å²) in [5.74, 6) is 1.59. The third-order valence-electron chi connectivity index (χ3n) is 7.68. The Balaban J connectivity index is 1.81. The highest BCUT2D eigenvalue weighted by Gasteiger charge is 2.29. The number of hydrogen-bond donors (Lipinski definition) is 1. The van der Waals surface area contributed by atoms with Crippen LogP contribution in [0.4, 0.5) is 0 Å². The lowest BCUT2D eigenvalue weighted by atomic mass is 9.85. The van der Waals surface area contributed by atoms with Crippen LogP contribution < -0.4 is 5.32 Å². The van der Waals surface area contributed by atoms with E-state index in [4.69, 9.17) is 9.97 Å². The van der Waals surface area contributed by atoms with E-state index in [2.05, 4.69) is 70.6 Å². The Labute approximate surface area is 206 Å². The summed E-state index contributed by atoms with van der Waals surface area (Å²) in [6.45, 7) is 13.1. The van der Waals surface area contributed by atoms with Crippen molar-refractivity contribution in [1.29, 1.82) is 0 Å². The van der Waals surface area contributed by atoms with Gasteiger partial charge in [-0.05, 0) is 43.7 Å². The molecular formula is C29H44N4O. The van der Waals surface area contributed by atoms with Crippen molar-refractivity contribution in [2.45, 2.75) is 116 Å². The first-order valence-electron chi connectivity index (χ1n) is 13.3. The second-order valence-corrected chi connectivity index (χ2v) is 12.7. The van der Waals surface area contributed by atoms with Crippen LogP contribution in [-0.4, -0.2) is 26.5 Å². The first-order chi connectivity index (χ1) is 15.9. The van der Waals surface area contributed by atoms with Gasteiger partial charge in [0.25, 0.3) is 5.91 Å². The zero-order valence-corrected chi connectivity index (χ0v) is 22.4. The topological polar surface area (TPSA) is 59.8 Å². The molecule has 186 valence electrons. The van der Waals surface area contributed by atoms with Crippen LogP contribution in [-0.2, 0) is 24.3 Å². The van der Waals surface area contributed by atoms with E-state index in [0.717, 1.165) is 47.7 Å². The van der Waals surface area contributed by atoms with Gasteiger partial charge >= 0.3 is 0 Å². The molecule has 2 heterocycles. The smallest absolute Gasteiger partial charge is 0.268 e. The van der Waals surface area contributed by atoms with Gasteiger partial charge in [0.1, 0.15) is 11.5 Å². The summed E-state index contributed by atoms with van der Waals surface area (Å²) in [5, 5.41) is 3.25. The number of rotatable bonds is 5. The molecule has 2 saturated carbocycles. The van der Waals surface area contributed by atoms with Crippen molar-refractivity contribution >= 4 is 5.91 Å². The third kappa shape index (κ3) is 5.39. The average Bonchev–Trinajstić information content (AvgIpc) is 3.06. The molecule has 4 rings (SSSR count). The molecule has 0 aliphatic heterocycles. The summed E-state index contributed by atoms with van der Waals surface area (Å²) in [6, 6.07) is 4.57. The van der Waals surface area contributed by atoms with E-state index in [1.165, 1.54) is 44.2 Å². The van der Waals surface area contributed by atoms with Gasteiger partial charge in [0.05, 0.1) is 11.4 Å². The highest BCUT2D eigenvalue weighted by atomic mass is 16.2. The maximum absolute atomic E-state index is 13.2. The minimum Gasteiger partial charge on any atom is -0.348 e. The molecular weight excluding hydrogens is 420 g/mol. The van der Waals surface area contributed by atoms with Gasteiger partial charge in [0, 0.05) is 35.2 Å². The highest BCUT2D eigenvalue weighted by molar-refractivity contribution is 5.95. The Hall–Kier alpha value is -2.17. The molecule has 1 amide bonds. The van der Waals surface area contributed by atoms with E-state index < -0.39 is 0 Å². The fourth-order valence-corrected chi connectivity index (χ4v) is 5.11. The third-order valence-corrected chi connectivity index (χ3v) is 7.68. The van der Waals surface area contributed by atoms with Crippen molar-refractivity contribution in [3.8, 4) is 11.3 Å². The van der Waals surface area contributed by atoms with Crippen molar-refractivity contribution in [3.05, 3.63) is 35.0 Å². The first-order valence-corrected chi connectivity index (χ1v) is 13.3.